The molecule has 1 aliphatic rings. The zero-order valence-electron chi connectivity index (χ0n) is 9.15. The molecule has 4 atom stereocenters. The van der Waals surface area contributed by atoms with E-state index in [4.69, 9.17) is 11.5 Å². The van der Waals surface area contributed by atoms with Crippen LogP contribution in [-0.4, -0.2) is 27.2 Å². The second-order valence-electron chi connectivity index (χ2n) is 4.45. The Morgan fingerprint density at radius 3 is 2.73 bits per heavy atom. The van der Waals surface area contributed by atoms with Gasteiger partial charge >= 0.3 is 0 Å². The summed E-state index contributed by atoms with van der Waals surface area (Å²) in [6.45, 7) is 2.18. The highest BCUT2D eigenvalue weighted by Gasteiger charge is 2.26. The van der Waals surface area contributed by atoms with E-state index in [-0.39, 0.29) is 11.0 Å². The molecule has 0 aromatic heterocycles. The van der Waals surface area contributed by atoms with Crippen molar-refractivity contribution in [3.8, 4) is 0 Å². The fraction of sp³-hybridized carbons (Fsp3) is 0.900. The first-order valence-electron chi connectivity index (χ1n) is 5.42. The van der Waals surface area contributed by atoms with Crippen molar-refractivity contribution >= 4 is 16.7 Å². The van der Waals surface area contributed by atoms with Gasteiger partial charge in [0.2, 0.25) is 5.91 Å². The summed E-state index contributed by atoms with van der Waals surface area (Å²) in [7, 11) is -1.00. The molecule has 4 unspecified atom stereocenters. The Bertz CT molecular complexity index is 258. The van der Waals surface area contributed by atoms with Crippen LogP contribution >= 0.6 is 0 Å². The standard InChI is InChI=1S/C10H20N2O2S/c1-7-3-2-4-8(5-7)15(14)6-9(11)10(12)13/h7-9H,2-6,11H2,1H3,(H2,12,13). The van der Waals surface area contributed by atoms with Gasteiger partial charge in [0.25, 0.3) is 0 Å². The van der Waals surface area contributed by atoms with Crippen LogP contribution in [0.1, 0.15) is 32.6 Å². The van der Waals surface area contributed by atoms with Crippen LogP contribution in [0, 0.1) is 5.92 Å². The molecule has 0 bridgehead atoms. The summed E-state index contributed by atoms with van der Waals surface area (Å²) in [4.78, 5) is 10.7. The van der Waals surface area contributed by atoms with Crippen LogP contribution in [0.2, 0.25) is 0 Å². The molecule has 15 heavy (non-hydrogen) atoms. The smallest absolute Gasteiger partial charge is 0.235 e. The second kappa shape index (κ2) is 5.61. The number of amides is 1. The molecule has 0 aliphatic heterocycles. The molecule has 1 saturated carbocycles. The second-order valence-corrected chi connectivity index (χ2v) is 6.21. The number of hydrogen-bond donors (Lipinski definition) is 2. The van der Waals surface area contributed by atoms with Gasteiger partial charge in [0.05, 0.1) is 6.04 Å². The van der Waals surface area contributed by atoms with Crippen molar-refractivity contribution in [1.82, 2.24) is 0 Å². The van der Waals surface area contributed by atoms with Crippen LogP contribution in [0.5, 0.6) is 0 Å². The highest BCUT2D eigenvalue weighted by Crippen LogP contribution is 2.27. The normalized spacial score (nSPS) is 30.8. The summed E-state index contributed by atoms with van der Waals surface area (Å²) >= 11 is 0. The lowest BCUT2D eigenvalue weighted by Crippen LogP contribution is -2.42. The zero-order chi connectivity index (χ0) is 11.4. The minimum atomic E-state index is -1.00. The molecule has 1 aliphatic carbocycles. The fourth-order valence-electron chi connectivity index (χ4n) is 2.01. The molecule has 88 valence electrons. The maximum absolute atomic E-state index is 11.9. The molecular weight excluding hydrogens is 212 g/mol. The minimum absolute atomic E-state index is 0.208. The van der Waals surface area contributed by atoms with Gasteiger partial charge in [-0.3, -0.25) is 9.00 Å². The molecule has 5 heteroatoms. The number of carbonyl (C=O) groups is 1. The van der Waals surface area contributed by atoms with Crippen molar-refractivity contribution in [3.63, 3.8) is 0 Å². The summed E-state index contributed by atoms with van der Waals surface area (Å²) in [5.41, 5.74) is 10.5. The van der Waals surface area contributed by atoms with Crippen molar-refractivity contribution in [3.05, 3.63) is 0 Å². The monoisotopic (exact) mass is 232 g/mol. The van der Waals surface area contributed by atoms with Gasteiger partial charge in [-0.05, 0) is 18.8 Å². The molecule has 0 saturated heterocycles. The van der Waals surface area contributed by atoms with Gasteiger partial charge in [-0.15, -0.1) is 0 Å². The molecule has 1 rings (SSSR count). The molecule has 0 spiro atoms. The number of hydrogen-bond acceptors (Lipinski definition) is 3. The van der Waals surface area contributed by atoms with Crippen molar-refractivity contribution in [2.45, 2.75) is 43.9 Å². The first kappa shape index (κ1) is 12.6. The number of rotatable bonds is 4. The number of carbonyl (C=O) groups excluding carboxylic acids is 1. The van der Waals surface area contributed by atoms with E-state index >= 15 is 0 Å². The lowest BCUT2D eigenvalue weighted by molar-refractivity contribution is -0.118. The lowest BCUT2D eigenvalue weighted by atomic mass is 9.91. The molecular formula is C10H20N2O2S. The summed E-state index contributed by atoms with van der Waals surface area (Å²) < 4.78 is 11.9. The van der Waals surface area contributed by atoms with Crippen LogP contribution in [0.15, 0.2) is 0 Å². The topological polar surface area (TPSA) is 86.2 Å². The molecule has 1 amide bonds. The van der Waals surface area contributed by atoms with Crippen molar-refractivity contribution < 1.29 is 9.00 Å². The average Bonchev–Trinajstić information content (AvgIpc) is 2.17. The van der Waals surface area contributed by atoms with E-state index in [0.29, 0.717) is 5.92 Å². The number of primary amides is 1. The Kier molecular flexibility index (Phi) is 4.73. The third kappa shape index (κ3) is 3.91. The molecule has 4 nitrogen and oxygen atoms in total. The fourth-order valence-corrected chi connectivity index (χ4v) is 3.78. The predicted octanol–water partition coefficient (Wildman–Crippen LogP) is 0.126. The molecule has 0 heterocycles. The Balaban J connectivity index is 2.42. The zero-order valence-corrected chi connectivity index (χ0v) is 9.96. The Labute approximate surface area is 93.2 Å². The maximum Gasteiger partial charge on any atom is 0.235 e. The van der Waals surface area contributed by atoms with E-state index in [1.807, 2.05) is 0 Å². The Morgan fingerprint density at radius 2 is 2.20 bits per heavy atom. The first-order chi connectivity index (χ1) is 7.00. The van der Waals surface area contributed by atoms with Crippen LogP contribution in [0.25, 0.3) is 0 Å². The van der Waals surface area contributed by atoms with Gasteiger partial charge in [0.1, 0.15) is 0 Å². The molecule has 4 N–H and O–H groups in total. The molecule has 0 radical (unpaired) electrons. The Morgan fingerprint density at radius 1 is 1.53 bits per heavy atom. The van der Waals surface area contributed by atoms with Gasteiger partial charge in [-0.25, -0.2) is 0 Å². The van der Waals surface area contributed by atoms with Crippen molar-refractivity contribution in [2.24, 2.45) is 17.4 Å². The van der Waals surface area contributed by atoms with Crippen LogP contribution in [0.3, 0.4) is 0 Å². The lowest BCUT2D eigenvalue weighted by Gasteiger charge is -2.26. The summed E-state index contributed by atoms with van der Waals surface area (Å²) in [5.74, 6) is 0.289. The van der Waals surface area contributed by atoms with Crippen LogP contribution in [-0.2, 0) is 15.6 Å². The van der Waals surface area contributed by atoms with E-state index in [0.717, 1.165) is 19.3 Å². The Hall–Kier alpha value is -0.420. The van der Waals surface area contributed by atoms with Gasteiger partial charge in [0.15, 0.2) is 0 Å². The van der Waals surface area contributed by atoms with Gasteiger partial charge in [0, 0.05) is 21.8 Å². The van der Waals surface area contributed by atoms with Crippen LogP contribution in [0.4, 0.5) is 0 Å². The summed E-state index contributed by atoms with van der Waals surface area (Å²) in [6, 6.07) is -0.761. The average molecular weight is 232 g/mol. The van der Waals surface area contributed by atoms with E-state index in [9.17, 15) is 9.00 Å². The molecule has 1 fully saturated rings. The minimum Gasteiger partial charge on any atom is -0.368 e. The highest BCUT2D eigenvalue weighted by atomic mass is 32.2. The van der Waals surface area contributed by atoms with Gasteiger partial charge < -0.3 is 11.5 Å². The van der Waals surface area contributed by atoms with Gasteiger partial charge in [-0.2, -0.15) is 0 Å². The largest absolute Gasteiger partial charge is 0.368 e. The quantitative estimate of drug-likeness (QED) is 0.722. The van der Waals surface area contributed by atoms with Gasteiger partial charge in [-0.1, -0.05) is 19.8 Å². The summed E-state index contributed by atoms with van der Waals surface area (Å²) in [6.07, 6.45) is 4.32. The van der Waals surface area contributed by atoms with E-state index in [1.165, 1.54) is 6.42 Å². The van der Waals surface area contributed by atoms with Crippen molar-refractivity contribution in [1.29, 1.82) is 0 Å². The third-order valence-corrected chi connectivity index (χ3v) is 4.83. The maximum atomic E-state index is 11.9. The van der Waals surface area contributed by atoms with E-state index in [2.05, 4.69) is 6.92 Å². The predicted molar refractivity (Wildman–Crippen MR) is 61.6 cm³/mol. The van der Waals surface area contributed by atoms with Crippen LogP contribution < -0.4 is 11.5 Å². The first-order valence-corrected chi connectivity index (χ1v) is 6.81. The number of nitrogens with two attached hydrogens (primary N) is 2. The third-order valence-electron chi connectivity index (χ3n) is 2.97. The molecule has 0 aromatic carbocycles. The SMILES string of the molecule is CC1CCCC(S(=O)CC(N)C(N)=O)C1. The highest BCUT2D eigenvalue weighted by molar-refractivity contribution is 7.85. The van der Waals surface area contributed by atoms with E-state index < -0.39 is 22.7 Å². The van der Waals surface area contributed by atoms with E-state index in [1.54, 1.807) is 0 Å². The molecule has 0 aromatic rings. The van der Waals surface area contributed by atoms with Crippen molar-refractivity contribution in [2.75, 3.05) is 5.75 Å². The summed E-state index contributed by atoms with van der Waals surface area (Å²) in [5, 5.41) is 0.208.